The summed E-state index contributed by atoms with van der Waals surface area (Å²) < 4.78 is 5.53. The third kappa shape index (κ3) is 11.7. The number of phenols is 1. The van der Waals surface area contributed by atoms with E-state index in [0.29, 0.717) is 15.8 Å². The van der Waals surface area contributed by atoms with E-state index in [2.05, 4.69) is 9.97 Å². The normalized spacial score (nSPS) is 9.98. The minimum absolute atomic E-state index is 0.0374. The van der Waals surface area contributed by atoms with Crippen molar-refractivity contribution in [3.63, 3.8) is 0 Å². The Hall–Kier alpha value is -3.35. The first kappa shape index (κ1) is 35.8. The van der Waals surface area contributed by atoms with Crippen LogP contribution >= 0.6 is 58.0 Å². The van der Waals surface area contributed by atoms with Crippen molar-refractivity contribution in [1.29, 1.82) is 0 Å². The number of hydrogen-bond acceptors (Lipinski definition) is 8. The van der Waals surface area contributed by atoms with Crippen LogP contribution in [0.3, 0.4) is 0 Å². The standard InChI is InChI=1S/C14H12Cl2N2O3.C8H8Cl2N2O2.C6H5ClO/c1-18(20-2)14(19)11-7-8-12(17-13(11)16)21-10-5-3-9(15)4-6-10;1-12(14-2)8(13)5-3-4-6(9)11-7(5)10;7-5-1-3-6(8)4-2-5/h3-8H,1-2H3;3-4H,1-2H3;1-4,8H. The first-order chi connectivity index (χ1) is 20.4. The molecule has 0 saturated carbocycles. The van der Waals surface area contributed by atoms with Gasteiger partial charge in [0.15, 0.2) is 0 Å². The Morgan fingerprint density at radius 3 is 1.51 bits per heavy atom. The van der Waals surface area contributed by atoms with Gasteiger partial charge in [0.05, 0.1) is 25.3 Å². The number of rotatable bonds is 6. The molecule has 0 fully saturated rings. The second kappa shape index (κ2) is 17.7. The van der Waals surface area contributed by atoms with Crippen molar-refractivity contribution in [2.45, 2.75) is 0 Å². The molecular formula is C28H25Cl5N4O6. The number of benzene rings is 2. The topological polar surface area (TPSA) is 114 Å². The fourth-order valence-electron chi connectivity index (χ4n) is 2.78. The molecule has 0 saturated heterocycles. The third-order valence-corrected chi connectivity index (χ3v) is 6.37. The van der Waals surface area contributed by atoms with Crippen molar-refractivity contribution in [1.82, 2.24) is 20.1 Å². The molecule has 0 radical (unpaired) electrons. The number of aromatic hydroxyl groups is 1. The van der Waals surface area contributed by atoms with Gasteiger partial charge in [0.25, 0.3) is 11.8 Å². The minimum Gasteiger partial charge on any atom is -0.508 e. The van der Waals surface area contributed by atoms with E-state index in [1.54, 1.807) is 54.6 Å². The Bertz CT molecular complexity index is 1490. The number of carbonyl (C=O) groups is 2. The summed E-state index contributed by atoms with van der Waals surface area (Å²) in [7, 11) is 5.73. The van der Waals surface area contributed by atoms with Crippen LogP contribution in [-0.2, 0) is 9.68 Å². The average Bonchev–Trinajstić information content (AvgIpc) is 2.99. The second-order valence-corrected chi connectivity index (χ2v) is 9.94. The number of ether oxygens (including phenoxy) is 1. The molecule has 0 bridgehead atoms. The molecule has 0 aliphatic rings. The molecule has 228 valence electrons. The molecule has 0 atom stereocenters. The predicted octanol–water partition coefficient (Wildman–Crippen LogP) is 7.88. The molecule has 0 aliphatic carbocycles. The number of halogens is 5. The van der Waals surface area contributed by atoms with Crippen molar-refractivity contribution < 1.29 is 29.1 Å². The maximum absolute atomic E-state index is 11.9. The highest BCUT2D eigenvalue weighted by Crippen LogP contribution is 2.25. The van der Waals surface area contributed by atoms with Gasteiger partial charge in [-0.2, -0.15) is 0 Å². The molecule has 2 heterocycles. The Morgan fingerprint density at radius 1 is 0.651 bits per heavy atom. The highest BCUT2D eigenvalue weighted by atomic mass is 35.5. The van der Waals surface area contributed by atoms with Crippen LogP contribution in [0.4, 0.5) is 0 Å². The van der Waals surface area contributed by atoms with Crippen LogP contribution in [0.2, 0.25) is 25.5 Å². The van der Waals surface area contributed by atoms with Crippen LogP contribution < -0.4 is 4.74 Å². The Labute approximate surface area is 273 Å². The summed E-state index contributed by atoms with van der Waals surface area (Å²) in [6.45, 7) is 0. The van der Waals surface area contributed by atoms with Crippen LogP contribution in [0.15, 0.2) is 72.8 Å². The fourth-order valence-corrected chi connectivity index (χ4v) is 3.68. The van der Waals surface area contributed by atoms with E-state index in [9.17, 15) is 9.59 Å². The molecule has 0 aliphatic heterocycles. The van der Waals surface area contributed by atoms with Gasteiger partial charge in [-0.3, -0.25) is 19.3 Å². The lowest BCUT2D eigenvalue weighted by Gasteiger charge is -2.14. The summed E-state index contributed by atoms with van der Waals surface area (Å²) in [6.07, 6.45) is 0. The lowest BCUT2D eigenvalue weighted by Crippen LogP contribution is -2.25. The lowest BCUT2D eigenvalue weighted by molar-refractivity contribution is -0.0757. The average molecular weight is 691 g/mol. The zero-order chi connectivity index (χ0) is 32.1. The third-order valence-electron chi connectivity index (χ3n) is 5.08. The molecule has 2 aromatic heterocycles. The van der Waals surface area contributed by atoms with E-state index >= 15 is 0 Å². The molecule has 0 unspecified atom stereocenters. The summed E-state index contributed by atoms with van der Waals surface area (Å²) in [6, 6.07) is 19.2. The van der Waals surface area contributed by atoms with Crippen molar-refractivity contribution in [2.75, 3.05) is 28.3 Å². The number of amides is 2. The van der Waals surface area contributed by atoms with Gasteiger partial charge in [-0.1, -0.05) is 58.0 Å². The first-order valence-corrected chi connectivity index (χ1v) is 13.8. The van der Waals surface area contributed by atoms with Gasteiger partial charge in [-0.05, 0) is 66.7 Å². The number of nitrogens with zero attached hydrogens (tertiary/aromatic N) is 4. The number of carbonyl (C=O) groups excluding carboxylic acids is 2. The van der Waals surface area contributed by atoms with Crippen molar-refractivity contribution in [2.24, 2.45) is 0 Å². The van der Waals surface area contributed by atoms with Gasteiger partial charge in [-0.15, -0.1) is 0 Å². The molecule has 4 rings (SSSR count). The molecule has 10 nitrogen and oxygen atoms in total. The highest BCUT2D eigenvalue weighted by Gasteiger charge is 2.17. The van der Waals surface area contributed by atoms with E-state index in [-0.39, 0.29) is 44.1 Å². The molecule has 4 aromatic rings. The predicted molar refractivity (Wildman–Crippen MR) is 166 cm³/mol. The zero-order valence-corrected chi connectivity index (χ0v) is 26.9. The van der Waals surface area contributed by atoms with Gasteiger partial charge >= 0.3 is 0 Å². The molecule has 1 N–H and O–H groups in total. The molecular weight excluding hydrogens is 666 g/mol. The van der Waals surface area contributed by atoms with Crippen LogP contribution in [-0.4, -0.2) is 65.3 Å². The van der Waals surface area contributed by atoms with Crippen LogP contribution in [0, 0.1) is 0 Å². The molecule has 43 heavy (non-hydrogen) atoms. The largest absolute Gasteiger partial charge is 0.508 e. The lowest BCUT2D eigenvalue weighted by atomic mass is 10.2. The maximum Gasteiger partial charge on any atom is 0.280 e. The number of hydrogen-bond donors (Lipinski definition) is 1. The SMILES string of the molecule is CON(C)C(=O)c1ccc(Cl)nc1Cl.CON(C)C(=O)c1ccc(Oc2ccc(Cl)cc2)nc1Cl.Oc1ccc(Cl)cc1. The van der Waals surface area contributed by atoms with Crippen molar-refractivity contribution >= 4 is 69.8 Å². The van der Waals surface area contributed by atoms with E-state index in [1.807, 2.05) is 0 Å². The smallest absolute Gasteiger partial charge is 0.280 e. The van der Waals surface area contributed by atoms with Crippen LogP contribution in [0.1, 0.15) is 20.7 Å². The van der Waals surface area contributed by atoms with Crippen LogP contribution in [0.5, 0.6) is 17.4 Å². The van der Waals surface area contributed by atoms with Gasteiger partial charge < -0.3 is 9.84 Å². The van der Waals surface area contributed by atoms with Crippen molar-refractivity contribution in [3.05, 3.63) is 109 Å². The second-order valence-electron chi connectivity index (χ2n) is 7.96. The van der Waals surface area contributed by atoms with Gasteiger partial charge in [-0.25, -0.2) is 20.1 Å². The van der Waals surface area contributed by atoms with Crippen LogP contribution in [0.25, 0.3) is 0 Å². The number of aromatic nitrogens is 2. The minimum atomic E-state index is -0.395. The van der Waals surface area contributed by atoms with Crippen molar-refractivity contribution in [3.8, 4) is 17.4 Å². The Balaban J connectivity index is 0.000000251. The first-order valence-electron chi connectivity index (χ1n) is 11.9. The van der Waals surface area contributed by atoms with Gasteiger partial charge in [0, 0.05) is 30.2 Å². The van der Waals surface area contributed by atoms with Gasteiger partial charge in [0.1, 0.15) is 27.0 Å². The zero-order valence-electron chi connectivity index (χ0n) is 23.1. The van der Waals surface area contributed by atoms with E-state index in [4.69, 9.17) is 77.5 Å². The van der Waals surface area contributed by atoms with E-state index in [0.717, 1.165) is 10.1 Å². The molecule has 2 amide bonds. The number of hydroxylamine groups is 4. The fraction of sp³-hybridized carbons (Fsp3) is 0.143. The number of phenolic OH excluding ortho intramolecular Hbond substituents is 1. The Morgan fingerprint density at radius 2 is 1.09 bits per heavy atom. The summed E-state index contributed by atoms with van der Waals surface area (Å²) in [5.74, 6) is 0.319. The Kier molecular flexibility index (Phi) is 14.7. The van der Waals surface area contributed by atoms with Gasteiger partial charge in [0.2, 0.25) is 5.88 Å². The van der Waals surface area contributed by atoms with E-state index < -0.39 is 5.91 Å². The maximum atomic E-state index is 11.9. The summed E-state index contributed by atoms with van der Waals surface area (Å²) >= 11 is 28.6. The number of pyridine rings is 2. The molecule has 15 heteroatoms. The van der Waals surface area contributed by atoms with E-state index in [1.165, 1.54) is 46.5 Å². The summed E-state index contributed by atoms with van der Waals surface area (Å²) in [5.41, 5.74) is 0.477. The highest BCUT2D eigenvalue weighted by molar-refractivity contribution is 6.34. The summed E-state index contributed by atoms with van der Waals surface area (Å²) in [5, 5.41) is 12.4. The molecule has 2 aromatic carbocycles. The molecule has 0 spiro atoms. The quantitative estimate of drug-likeness (QED) is 0.161. The summed E-state index contributed by atoms with van der Waals surface area (Å²) in [4.78, 5) is 40.8. The monoisotopic (exact) mass is 688 g/mol.